The van der Waals surface area contributed by atoms with Crippen molar-refractivity contribution in [3.63, 3.8) is 0 Å². The molecule has 2 amide bonds. The van der Waals surface area contributed by atoms with Crippen LogP contribution in [0.2, 0.25) is 0 Å². The molecule has 2 aliphatic rings. The van der Waals surface area contributed by atoms with E-state index in [0.717, 1.165) is 44.1 Å². The molecule has 7 nitrogen and oxygen atoms in total. The lowest BCUT2D eigenvalue weighted by molar-refractivity contribution is -0.134. The molecular formula is C19H30N4O3. The zero-order valence-corrected chi connectivity index (χ0v) is 15.9. The minimum atomic E-state index is -0.396. The second-order valence-corrected chi connectivity index (χ2v) is 7.66. The maximum Gasteiger partial charge on any atom is 0.410 e. The molecule has 0 aromatic carbocycles. The van der Waals surface area contributed by atoms with Gasteiger partial charge in [-0.05, 0) is 31.7 Å². The van der Waals surface area contributed by atoms with Crippen LogP contribution in [0.3, 0.4) is 0 Å². The molecule has 1 N–H and O–H groups in total. The van der Waals surface area contributed by atoms with Crippen molar-refractivity contribution >= 4 is 12.0 Å². The molecule has 1 aromatic rings. The Hall–Kier alpha value is -2.05. The molecule has 2 fully saturated rings. The summed E-state index contributed by atoms with van der Waals surface area (Å²) in [5, 5.41) is 6.71. The number of carbonyl (C=O) groups excluding carboxylic acids is 2. The third-order valence-corrected chi connectivity index (χ3v) is 5.67. The van der Waals surface area contributed by atoms with Gasteiger partial charge in [-0.2, -0.15) is 5.10 Å². The highest BCUT2D eigenvalue weighted by atomic mass is 16.6. The predicted octanol–water partition coefficient (Wildman–Crippen LogP) is 2.73. The Morgan fingerprint density at radius 3 is 2.85 bits per heavy atom. The van der Waals surface area contributed by atoms with Crippen LogP contribution < -0.4 is 0 Å². The molecule has 1 aromatic heterocycles. The Labute approximate surface area is 155 Å². The fraction of sp³-hybridized carbons (Fsp3) is 0.737. The topological polar surface area (TPSA) is 78.5 Å². The number of amides is 2. The van der Waals surface area contributed by atoms with Crippen molar-refractivity contribution in [2.45, 2.75) is 70.4 Å². The Bertz CT molecular complexity index is 608. The summed E-state index contributed by atoms with van der Waals surface area (Å²) in [7, 11) is 0. The summed E-state index contributed by atoms with van der Waals surface area (Å²) in [6.07, 6.45) is 9.25. The summed E-state index contributed by atoms with van der Waals surface area (Å²) in [4.78, 5) is 28.5. The molecule has 0 saturated carbocycles. The predicted molar refractivity (Wildman–Crippen MR) is 97.6 cm³/mol. The molecule has 7 heteroatoms. The average Bonchev–Trinajstić information content (AvgIpc) is 3.24. The number of aromatic nitrogens is 2. The van der Waals surface area contributed by atoms with E-state index in [9.17, 15) is 9.59 Å². The van der Waals surface area contributed by atoms with Crippen LogP contribution >= 0.6 is 0 Å². The van der Waals surface area contributed by atoms with Gasteiger partial charge in [0.25, 0.3) is 0 Å². The number of hydrogen-bond acceptors (Lipinski definition) is 4. The Balaban J connectivity index is 1.45. The number of nitrogens with zero attached hydrogens (tertiary/aromatic N) is 3. The highest BCUT2D eigenvalue weighted by Crippen LogP contribution is 2.35. The van der Waals surface area contributed by atoms with Crippen molar-refractivity contribution < 1.29 is 14.3 Å². The molecule has 0 unspecified atom stereocenters. The van der Waals surface area contributed by atoms with Crippen molar-refractivity contribution in [2.75, 3.05) is 19.6 Å². The van der Waals surface area contributed by atoms with Crippen molar-refractivity contribution in [2.24, 2.45) is 0 Å². The minimum absolute atomic E-state index is 0.189. The fourth-order valence-corrected chi connectivity index (χ4v) is 4.00. The van der Waals surface area contributed by atoms with E-state index < -0.39 is 5.60 Å². The zero-order chi connectivity index (χ0) is 18.6. The van der Waals surface area contributed by atoms with Gasteiger partial charge in [-0.3, -0.25) is 9.89 Å². The summed E-state index contributed by atoms with van der Waals surface area (Å²) >= 11 is 0. The third kappa shape index (κ3) is 4.19. The molecule has 144 valence electrons. The number of aromatic amines is 1. The van der Waals surface area contributed by atoms with Gasteiger partial charge in [0.15, 0.2) is 0 Å². The van der Waals surface area contributed by atoms with E-state index in [4.69, 9.17) is 4.74 Å². The number of ether oxygens (including phenoxy) is 1. The van der Waals surface area contributed by atoms with Crippen molar-refractivity contribution in [1.82, 2.24) is 20.0 Å². The van der Waals surface area contributed by atoms with E-state index in [1.807, 2.05) is 16.0 Å². The fourth-order valence-electron chi connectivity index (χ4n) is 4.00. The van der Waals surface area contributed by atoms with E-state index in [1.165, 1.54) is 0 Å². The number of aryl methyl sites for hydroxylation is 1. The van der Waals surface area contributed by atoms with E-state index in [2.05, 4.69) is 24.0 Å². The van der Waals surface area contributed by atoms with Crippen LogP contribution in [-0.4, -0.2) is 63.3 Å². The highest BCUT2D eigenvalue weighted by molar-refractivity contribution is 5.76. The second kappa shape index (κ2) is 8.10. The standard InChI is InChI=1S/C19H30N4O3/c1-3-5-15(2)23-14-19(26-18(23)25)8-10-22(11-9-19)17(24)7-4-6-16-12-20-21-13-16/h12-13,15H,3-11,14H2,1-2H3,(H,20,21)/t15-/m0/s1. The first-order valence-electron chi connectivity index (χ1n) is 9.78. The van der Waals surface area contributed by atoms with Crippen molar-refractivity contribution in [1.29, 1.82) is 0 Å². The molecule has 26 heavy (non-hydrogen) atoms. The molecule has 0 aliphatic carbocycles. The van der Waals surface area contributed by atoms with E-state index >= 15 is 0 Å². The Morgan fingerprint density at radius 1 is 1.42 bits per heavy atom. The smallest absolute Gasteiger partial charge is 0.410 e. The van der Waals surface area contributed by atoms with Crippen LogP contribution in [-0.2, 0) is 16.0 Å². The highest BCUT2D eigenvalue weighted by Gasteiger charge is 2.48. The first-order valence-corrected chi connectivity index (χ1v) is 9.78. The van der Waals surface area contributed by atoms with Gasteiger partial charge in [0.1, 0.15) is 5.60 Å². The molecule has 0 bridgehead atoms. The molecule has 1 spiro atoms. The lowest BCUT2D eigenvalue weighted by atomic mass is 9.90. The van der Waals surface area contributed by atoms with Crippen LogP contribution in [0.5, 0.6) is 0 Å². The lowest BCUT2D eigenvalue weighted by Gasteiger charge is -2.37. The third-order valence-electron chi connectivity index (χ3n) is 5.67. The monoisotopic (exact) mass is 362 g/mol. The molecule has 2 saturated heterocycles. The number of likely N-dealkylation sites (tertiary alicyclic amines) is 1. The maximum absolute atomic E-state index is 12.4. The first kappa shape index (κ1) is 18.7. The summed E-state index contributed by atoms with van der Waals surface area (Å²) < 4.78 is 5.77. The Kier molecular flexibility index (Phi) is 5.84. The van der Waals surface area contributed by atoms with Gasteiger partial charge in [-0.1, -0.05) is 13.3 Å². The average molecular weight is 362 g/mol. The number of carbonyl (C=O) groups is 2. The maximum atomic E-state index is 12.4. The van der Waals surface area contributed by atoms with Gasteiger partial charge in [-0.15, -0.1) is 0 Å². The summed E-state index contributed by atoms with van der Waals surface area (Å²) in [6.45, 7) is 6.23. The summed E-state index contributed by atoms with van der Waals surface area (Å²) in [5.41, 5.74) is 0.738. The zero-order valence-electron chi connectivity index (χ0n) is 15.9. The number of piperidine rings is 1. The van der Waals surface area contributed by atoms with Gasteiger partial charge < -0.3 is 14.5 Å². The first-order chi connectivity index (χ1) is 12.5. The van der Waals surface area contributed by atoms with Gasteiger partial charge in [0, 0.05) is 44.6 Å². The SMILES string of the molecule is CCC[C@H](C)N1CC2(CCN(C(=O)CCCc3cn[nH]c3)CC2)OC1=O. The van der Waals surface area contributed by atoms with Gasteiger partial charge in [0.2, 0.25) is 5.91 Å². The van der Waals surface area contributed by atoms with Crippen LogP contribution in [0.25, 0.3) is 0 Å². The molecule has 0 radical (unpaired) electrons. The lowest BCUT2D eigenvalue weighted by Crippen LogP contribution is -2.49. The minimum Gasteiger partial charge on any atom is -0.441 e. The largest absolute Gasteiger partial charge is 0.441 e. The van der Waals surface area contributed by atoms with E-state index in [1.54, 1.807) is 6.20 Å². The van der Waals surface area contributed by atoms with Gasteiger partial charge in [-0.25, -0.2) is 4.79 Å². The number of hydrogen-bond donors (Lipinski definition) is 1. The molecule has 3 rings (SSSR count). The van der Waals surface area contributed by atoms with E-state index in [-0.39, 0.29) is 18.0 Å². The molecule has 1 atom stereocenters. The molecule has 2 aliphatic heterocycles. The second-order valence-electron chi connectivity index (χ2n) is 7.66. The van der Waals surface area contributed by atoms with Crippen molar-refractivity contribution in [3.05, 3.63) is 18.0 Å². The summed E-state index contributed by atoms with van der Waals surface area (Å²) in [6, 6.07) is 0.217. The van der Waals surface area contributed by atoms with Crippen LogP contribution in [0, 0.1) is 0 Å². The number of nitrogens with one attached hydrogen (secondary N) is 1. The van der Waals surface area contributed by atoms with Gasteiger partial charge in [0.05, 0.1) is 12.7 Å². The molecule has 3 heterocycles. The van der Waals surface area contributed by atoms with Gasteiger partial charge >= 0.3 is 6.09 Å². The normalized spacial score (nSPS) is 20.5. The number of H-pyrrole nitrogens is 1. The van der Waals surface area contributed by atoms with Crippen LogP contribution in [0.4, 0.5) is 4.79 Å². The summed E-state index contributed by atoms with van der Waals surface area (Å²) in [5.74, 6) is 0.198. The number of rotatable bonds is 7. The van der Waals surface area contributed by atoms with Crippen LogP contribution in [0.1, 0.15) is 57.9 Å². The molecular weight excluding hydrogens is 332 g/mol. The quantitative estimate of drug-likeness (QED) is 0.809. The van der Waals surface area contributed by atoms with Crippen LogP contribution in [0.15, 0.2) is 12.4 Å². The van der Waals surface area contributed by atoms with Crippen molar-refractivity contribution in [3.8, 4) is 0 Å². The van der Waals surface area contributed by atoms with E-state index in [0.29, 0.717) is 26.1 Å². The Morgan fingerprint density at radius 2 is 2.19 bits per heavy atom.